The topological polar surface area (TPSA) is 158 Å². The number of hydrogen-bond donors (Lipinski definition) is 3. The van der Waals surface area contributed by atoms with Crippen LogP contribution in [0.2, 0.25) is 0 Å². The Morgan fingerprint density at radius 1 is 1.09 bits per heavy atom. The van der Waals surface area contributed by atoms with Gasteiger partial charge in [0.25, 0.3) is 5.91 Å². The summed E-state index contributed by atoms with van der Waals surface area (Å²) in [5.74, 6) is -1.60. The molecular weight excluding hydrogens is 440 g/mol. The molecule has 3 rings (SSSR count). The highest BCUT2D eigenvalue weighted by Gasteiger charge is 2.17. The fourth-order valence-electron chi connectivity index (χ4n) is 3.51. The van der Waals surface area contributed by atoms with Gasteiger partial charge in [-0.25, -0.2) is 9.50 Å². The number of esters is 1. The third kappa shape index (κ3) is 5.74. The lowest BCUT2D eigenvalue weighted by Crippen LogP contribution is -2.31. The highest BCUT2D eigenvalue weighted by Crippen LogP contribution is 2.19. The zero-order valence-electron chi connectivity index (χ0n) is 19.2. The lowest BCUT2D eigenvalue weighted by molar-refractivity contribution is -0.141. The number of rotatable bonds is 9. The second-order valence-electron chi connectivity index (χ2n) is 7.69. The molecule has 0 atom stereocenters. The monoisotopic (exact) mass is 466 g/mol. The Hall–Kier alpha value is -4.28. The summed E-state index contributed by atoms with van der Waals surface area (Å²) in [4.78, 5) is 51.4. The van der Waals surface area contributed by atoms with Gasteiger partial charge in [0.15, 0.2) is 5.65 Å². The van der Waals surface area contributed by atoms with Crippen LogP contribution < -0.4 is 16.4 Å². The molecule has 0 saturated carbocycles. The van der Waals surface area contributed by atoms with Gasteiger partial charge in [-0.1, -0.05) is 12.1 Å². The number of carbonyl (C=O) groups is 4. The Labute approximate surface area is 195 Å². The molecule has 3 aromatic rings. The molecular formula is C23H26N6O5. The molecule has 11 nitrogen and oxygen atoms in total. The Bertz CT molecular complexity index is 1250. The van der Waals surface area contributed by atoms with Gasteiger partial charge in [0.2, 0.25) is 11.8 Å². The number of fused-ring (bicyclic) bond motifs is 1. The largest absolute Gasteiger partial charge is 0.468 e. The maximum absolute atomic E-state index is 12.5. The average molecular weight is 466 g/mol. The highest BCUT2D eigenvalue weighted by molar-refractivity contribution is 5.98. The molecule has 2 heterocycles. The molecule has 0 radical (unpaired) electrons. The molecule has 4 N–H and O–H groups in total. The number of nitrogens with two attached hydrogens (primary N) is 1. The van der Waals surface area contributed by atoms with Gasteiger partial charge in [-0.05, 0) is 43.5 Å². The third-order valence-electron chi connectivity index (χ3n) is 5.34. The predicted octanol–water partition coefficient (Wildman–Crippen LogP) is 0.848. The van der Waals surface area contributed by atoms with E-state index in [2.05, 4.69) is 25.5 Å². The highest BCUT2D eigenvalue weighted by atomic mass is 16.5. The van der Waals surface area contributed by atoms with Gasteiger partial charge in [-0.15, -0.1) is 0 Å². The van der Waals surface area contributed by atoms with Gasteiger partial charge in [-0.3, -0.25) is 19.2 Å². The summed E-state index contributed by atoms with van der Waals surface area (Å²) >= 11 is 0. The fourth-order valence-corrected chi connectivity index (χ4v) is 3.51. The van der Waals surface area contributed by atoms with Gasteiger partial charge >= 0.3 is 5.97 Å². The van der Waals surface area contributed by atoms with Crippen LogP contribution in [0.4, 0.5) is 5.69 Å². The van der Waals surface area contributed by atoms with Crippen LogP contribution in [-0.2, 0) is 32.0 Å². The zero-order valence-corrected chi connectivity index (χ0v) is 19.2. The van der Waals surface area contributed by atoms with E-state index >= 15 is 0 Å². The molecule has 0 unspecified atom stereocenters. The maximum atomic E-state index is 12.5. The van der Waals surface area contributed by atoms with Crippen LogP contribution in [0.15, 0.2) is 30.5 Å². The minimum Gasteiger partial charge on any atom is -0.468 e. The first-order valence-electron chi connectivity index (χ1n) is 10.6. The number of nitrogens with one attached hydrogen (secondary N) is 2. The summed E-state index contributed by atoms with van der Waals surface area (Å²) in [6.07, 6.45) is 2.15. The SMILES string of the molecule is COC(=O)CNC(=O)Cc1ccc(NC(=O)CCc2c(C)nc3c(C(N)=O)cnn3c2C)cc1. The number of amides is 3. The van der Waals surface area contributed by atoms with Crippen molar-refractivity contribution in [2.24, 2.45) is 5.73 Å². The number of primary amides is 1. The molecule has 3 amide bonds. The lowest BCUT2D eigenvalue weighted by Gasteiger charge is -2.12. The summed E-state index contributed by atoms with van der Waals surface area (Å²) in [6, 6.07) is 6.88. The second-order valence-corrected chi connectivity index (χ2v) is 7.69. The first kappa shape index (κ1) is 24.4. The number of carbonyl (C=O) groups excluding carboxylic acids is 4. The van der Waals surface area contributed by atoms with Crippen molar-refractivity contribution < 1.29 is 23.9 Å². The third-order valence-corrected chi connectivity index (χ3v) is 5.34. The van der Waals surface area contributed by atoms with Gasteiger partial charge in [0.1, 0.15) is 12.1 Å². The van der Waals surface area contributed by atoms with Crippen LogP contribution in [0, 0.1) is 13.8 Å². The van der Waals surface area contributed by atoms with E-state index in [0.29, 0.717) is 23.4 Å². The van der Waals surface area contributed by atoms with E-state index in [9.17, 15) is 19.2 Å². The molecule has 178 valence electrons. The van der Waals surface area contributed by atoms with Gasteiger partial charge < -0.3 is 21.1 Å². The lowest BCUT2D eigenvalue weighted by atomic mass is 10.1. The van der Waals surface area contributed by atoms with Crippen LogP contribution >= 0.6 is 0 Å². The normalized spacial score (nSPS) is 10.7. The summed E-state index contributed by atoms with van der Waals surface area (Å²) < 4.78 is 6.03. The number of aromatic nitrogens is 3. The first-order valence-corrected chi connectivity index (χ1v) is 10.6. The molecule has 0 saturated heterocycles. The summed E-state index contributed by atoms with van der Waals surface area (Å²) in [7, 11) is 1.25. The minimum absolute atomic E-state index is 0.101. The molecule has 0 aliphatic heterocycles. The number of nitrogens with zero attached hydrogens (tertiary/aromatic N) is 3. The van der Waals surface area contributed by atoms with Crippen molar-refractivity contribution in [3.05, 3.63) is 58.5 Å². The van der Waals surface area contributed by atoms with Crippen molar-refractivity contribution in [3.8, 4) is 0 Å². The quantitative estimate of drug-likeness (QED) is 0.394. The number of hydrogen-bond acceptors (Lipinski definition) is 7. The molecule has 1 aromatic carbocycles. The van der Waals surface area contributed by atoms with Crippen molar-refractivity contribution in [3.63, 3.8) is 0 Å². The van der Waals surface area contributed by atoms with Crippen molar-refractivity contribution in [1.29, 1.82) is 0 Å². The summed E-state index contributed by atoms with van der Waals surface area (Å²) in [5.41, 5.74) is 9.72. The van der Waals surface area contributed by atoms with Crippen molar-refractivity contribution in [2.75, 3.05) is 19.0 Å². The maximum Gasteiger partial charge on any atom is 0.325 e. The van der Waals surface area contributed by atoms with E-state index in [1.165, 1.54) is 13.3 Å². The van der Waals surface area contributed by atoms with E-state index in [-0.39, 0.29) is 36.8 Å². The minimum atomic E-state index is -0.596. The van der Waals surface area contributed by atoms with Gasteiger partial charge in [0, 0.05) is 23.5 Å². The van der Waals surface area contributed by atoms with Crippen molar-refractivity contribution in [2.45, 2.75) is 33.1 Å². The number of methoxy groups -OCH3 is 1. The van der Waals surface area contributed by atoms with Crippen LogP contribution in [0.25, 0.3) is 5.65 Å². The number of aryl methyl sites for hydroxylation is 2. The molecule has 2 aromatic heterocycles. The van der Waals surface area contributed by atoms with E-state index in [0.717, 1.165) is 16.8 Å². The van der Waals surface area contributed by atoms with Crippen molar-refractivity contribution >= 4 is 35.0 Å². The van der Waals surface area contributed by atoms with E-state index in [1.54, 1.807) is 28.8 Å². The van der Waals surface area contributed by atoms with Crippen molar-refractivity contribution in [1.82, 2.24) is 19.9 Å². The van der Waals surface area contributed by atoms with Gasteiger partial charge in [-0.2, -0.15) is 5.10 Å². The Morgan fingerprint density at radius 3 is 2.44 bits per heavy atom. The predicted molar refractivity (Wildman–Crippen MR) is 123 cm³/mol. The fraction of sp³-hybridized carbons (Fsp3) is 0.304. The smallest absolute Gasteiger partial charge is 0.325 e. The van der Waals surface area contributed by atoms with E-state index in [1.807, 2.05) is 13.8 Å². The van der Waals surface area contributed by atoms with Crippen LogP contribution in [0.1, 0.15) is 39.3 Å². The van der Waals surface area contributed by atoms with E-state index in [4.69, 9.17) is 5.73 Å². The molecule has 0 aliphatic rings. The van der Waals surface area contributed by atoms with Gasteiger partial charge in [0.05, 0.1) is 19.7 Å². The summed E-state index contributed by atoms with van der Waals surface area (Å²) in [5, 5.41) is 9.49. The van der Waals surface area contributed by atoms with E-state index < -0.39 is 11.9 Å². The molecule has 0 aliphatic carbocycles. The number of anilines is 1. The second kappa shape index (κ2) is 10.6. The first-order chi connectivity index (χ1) is 16.2. The Morgan fingerprint density at radius 2 is 1.79 bits per heavy atom. The zero-order chi connectivity index (χ0) is 24.8. The van der Waals surface area contributed by atoms with Crippen LogP contribution in [0.5, 0.6) is 0 Å². The summed E-state index contributed by atoms with van der Waals surface area (Å²) in [6.45, 7) is 3.49. The average Bonchev–Trinajstić information content (AvgIpc) is 3.22. The van der Waals surface area contributed by atoms with Crippen LogP contribution in [0.3, 0.4) is 0 Å². The van der Waals surface area contributed by atoms with Crippen LogP contribution in [-0.4, -0.2) is 51.9 Å². The Balaban J connectivity index is 1.57. The number of benzene rings is 1. The molecule has 0 fully saturated rings. The molecule has 11 heteroatoms. The number of ether oxygens (including phenoxy) is 1. The standard InChI is InChI=1S/C23H26N6O5/c1-13-17(14(2)29-23(27-13)18(11-26-29)22(24)33)8-9-19(30)28-16-6-4-15(5-7-16)10-20(31)25-12-21(32)34-3/h4-7,11H,8-10,12H2,1-3H3,(H2,24,33)(H,25,31)(H,28,30). The molecule has 34 heavy (non-hydrogen) atoms. The Kier molecular flexibility index (Phi) is 7.57. The molecule has 0 bridgehead atoms. The molecule has 0 spiro atoms.